The van der Waals surface area contributed by atoms with Gasteiger partial charge in [0.2, 0.25) is 35.4 Å². The summed E-state index contributed by atoms with van der Waals surface area (Å²) in [6.07, 6.45) is 11.0. The molecule has 0 bridgehead atoms. The predicted octanol–water partition coefficient (Wildman–Crippen LogP) is 21.0. The molecule has 0 saturated carbocycles. The fourth-order valence-corrected chi connectivity index (χ4v) is 23.8. The molecular formula is C120H163Cl4N15O11. The quantitative estimate of drug-likeness (QED) is 0.0602. The smallest absolute Gasteiger partial charge is 0.314 e. The SMILES string of the molecule is CC(=O)N1CCC(CC(=O)N2CCN(C(c3ccc(Cl)cc3)c3ccccn3)C[C@@H]2C(C)(C)C)CC1.COc1ccc(C(c2ccc(Cl)cc2)N2CCN(C(=O)CC3CCN(C(C)=O)CC3)[C@@H](C(C)(C)C)C2)cc1.COc1ccc(C(c2ccc(Cl)cc2)N2CCN(C(=O)CC3CCN(C(N)=O)CC3)[C@@H](C(C)(C)C)C2)cc1.COc1ccc(C(c2ccc(Cl)cc2)N2CCN(C(=O)CC3CCN(C(N)=O)CC3)[C@@H](C(C)(C)C)C2)cc1. The number of carbonyl (C=O) groups is 8. The second-order valence-electron chi connectivity index (χ2n) is 46.5. The molecule has 8 saturated heterocycles. The highest BCUT2D eigenvalue weighted by molar-refractivity contribution is 6.31. The van der Waals surface area contributed by atoms with Crippen LogP contribution < -0.4 is 25.7 Å². The summed E-state index contributed by atoms with van der Waals surface area (Å²) in [6, 6.07) is 62.9. The van der Waals surface area contributed by atoms with Gasteiger partial charge in [0.15, 0.2) is 0 Å². The zero-order valence-corrected chi connectivity index (χ0v) is 94.5. The Morgan fingerprint density at radius 2 is 0.500 bits per heavy atom. The third-order valence-corrected chi connectivity index (χ3v) is 33.2. The molecule has 150 heavy (non-hydrogen) atoms. The number of halogens is 4. The largest absolute Gasteiger partial charge is 0.497 e. The van der Waals surface area contributed by atoms with Crippen molar-refractivity contribution in [2.45, 2.75) is 222 Å². The van der Waals surface area contributed by atoms with E-state index in [0.717, 1.165) is 168 Å². The molecule has 1 aromatic heterocycles. The van der Waals surface area contributed by atoms with Crippen molar-refractivity contribution in [1.82, 2.24) is 63.8 Å². The summed E-state index contributed by atoms with van der Waals surface area (Å²) < 4.78 is 16.2. The maximum atomic E-state index is 13.7. The molecule has 7 aromatic carbocycles. The number of nitrogens with two attached hydrogens (primary N) is 2. The van der Waals surface area contributed by atoms with Gasteiger partial charge in [0.05, 0.1) is 51.2 Å². The Morgan fingerprint density at radius 1 is 0.293 bits per heavy atom. The second kappa shape index (κ2) is 52.9. The molecule has 0 spiro atoms. The number of carbonyl (C=O) groups excluding carboxylic acids is 8. The molecule has 8 aliphatic rings. The molecule has 8 atom stereocenters. The number of urea groups is 2. The van der Waals surface area contributed by atoms with Gasteiger partial charge >= 0.3 is 12.1 Å². The summed E-state index contributed by atoms with van der Waals surface area (Å²) in [5, 5.41) is 2.87. The summed E-state index contributed by atoms with van der Waals surface area (Å²) in [7, 11) is 5.04. The van der Waals surface area contributed by atoms with E-state index in [1.807, 2.05) is 113 Å². The van der Waals surface area contributed by atoms with Gasteiger partial charge in [-0.3, -0.25) is 53.4 Å². The standard InChI is InChI=1S/C31H42ClN3O3.2C30H41ClN4O3.C29H39ClN4O2/c1-22(36)33-16-14-23(15-17-33)20-29(37)35-19-18-34(21-28(35)31(2,3)4)30(24-6-10-26(32)11-7-24)25-8-12-27(38-5)13-9-25;2*1-30(2,3)26-20-34(17-18-35(26)27(36)19-21-13-15-33(16-14-21)29(32)37)28(22-5-9-24(31)10-6-22)23-7-11-25(38-4)12-8-23;1-21(35)32-15-12-22(13-16-32)19-27(36)34-18-17-33(20-26(34)29(2,3)4)28(25-7-5-6-14-31-25)23-8-10-24(30)11-9-23/h6-13,23,28,30H,14-21H2,1-5H3;2*5-12,21,26,28H,13-20H2,1-4H3,(H2,32,37);5-11,14,22,26,28H,12-13,15-20H2,1-4H3/t28-,30?;3*26-,28?/m1111/s1. The molecule has 9 heterocycles. The number of piperazine rings is 4. The predicted molar refractivity (Wildman–Crippen MR) is 599 cm³/mol. The van der Waals surface area contributed by atoms with Crippen LogP contribution in [0.4, 0.5) is 9.59 Å². The van der Waals surface area contributed by atoms with E-state index in [9.17, 15) is 38.4 Å². The van der Waals surface area contributed by atoms with E-state index >= 15 is 0 Å². The molecule has 4 N–H and O–H groups in total. The number of primary amides is 2. The van der Waals surface area contributed by atoms with Crippen LogP contribution in [0.25, 0.3) is 0 Å². The molecule has 8 aliphatic heterocycles. The molecule has 812 valence electrons. The lowest BCUT2D eigenvalue weighted by Crippen LogP contribution is -2.60. The van der Waals surface area contributed by atoms with E-state index in [4.69, 9.17) is 77.1 Å². The summed E-state index contributed by atoms with van der Waals surface area (Å²) in [4.78, 5) is 131. The highest BCUT2D eigenvalue weighted by atomic mass is 35.5. The fourth-order valence-electron chi connectivity index (χ4n) is 23.3. The first-order valence-electron chi connectivity index (χ1n) is 53.9. The first-order valence-corrected chi connectivity index (χ1v) is 55.4. The van der Waals surface area contributed by atoms with E-state index in [-0.39, 0.29) is 129 Å². The van der Waals surface area contributed by atoms with Crippen LogP contribution in [0.2, 0.25) is 20.1 Å². The number of aromatic nitrogens is 1. The molecule has 30 heteroatoms. The fraction of sp³-hybridized carbons (Fsp3) is 0.542. The molecule has 0 radical (unpaired) electrons. The number of rotatable bonds is 23. The van der Waals surface area contributed by atoms with Crippen molar-refractivity contribution in [3.63, 3.8) is 0 Å². The van der Waals surface area contributed by atoms with Crippen molar-refractivity contribution in [2.24, 2.45) is 56.8 Å². The summed E-state index contributed by atoms with van der Waals surface area (Å²) in [6.45, 7) is 44.5. The van der Waals surface area contributed by atoms with Crippen LogP contribution in [-0.4, -0.2) is 288 Å². The van der Waals surface area contributed by atoms with Crippen LogP contribution in [0.5, 0.6) is 17.2 Å². The van der Waals surface area contributed by atoms with Gasteiger partial charge in [0.25, 0.3) is 0 Å². The number of piperidine rings is 4. The average Bonchev–Trinajstić information content (AvgIpc) is 0.788. The van der Waals surface area contributed by atoms with Crippen molar-refractivity contribution in [1.29, 1.82) is 0 Å². The van der Waals surface area contributed by atoms with Crippen LogP contribution in [0.1, 0.15) is 243 Å². The Labute approximate surface area is 911 Å². The Bertz CT molecular complexity index is 5280. The number of ether oxygens (including phenoxy) is 3. The highest BCUT2D eigenvalue weighted by Gasteiger charge is 2.47. The number of methoxy groups -OCH3 is 3. The first kappa shape index (κ1) is 117. The minimum absolute atomic E-state index is 0.00137. The molecule has 8 aromatic rings. The Kier molecular flexibility index (Phi) is 41.1. The van der Waals surface area contributed by atoms with E-state index in [1.54, 1.807) is 45.0 Å². The number of hydrogen-bond donors (Lipinski definition) is 2. The van der Waals surface area contributed by atoms with Gasteiger partial charge in [-0.25, -0.2) is 9.59 Å². The van der Waals surface area contributed by atoms with E-state index in [0.29, 0.717) is 99.9 Å². The average molecular weight is 2130 g/mol. The molecule has 0 aliphatic carbocycles. The van der Waals surface area contributed by atoms with Crippen molar-refractivity contribution < 1.29 is 52.6 Å². The maximum absolute atomic E-state index is 13.7. The van der Waals surface area contributed by atoms with Crippen LogP contribution in [0, 0.1) is 45.3 Å². The minimum Gasteiger partial charge on any atom is -0.497 e. The molecule has 10 amide bonds. The van der Waals surface area contributed by atoms with Gasteiger partial charge in [-0.2, -0.15) is 0 Å². The first-order chi connectivity index (χ1) is 71.3. The molecule has 8 fully saturated rings. The zero-order chi connectivity index (χ0) is 108. The van der Waals surface area contributed by atoms with E-state index < -0.39 is 0 Å². The third-order valence-electron chi connectivity index (χ3n) is 32.2. The third kappa shape index (κ3) is 31.4. The molecule has 4 unspecified atom stereocenters. The number of benzene rings is 7. The highest BCUT2D eigenvalue weighted by Crippen LogP contribution is 2.45. The lowest BCUT2D eigenvalue weighted by atomic mass is 9.82. The molecule has 16 rings (SSSR count). The van der Waals surface area contributed by atoms with Gasteiger partial charge in [-0.05, 0) is 233 Å². The number of amides is 10. The zero-order valence-electron chi connectivity index (χ0n) is 91.5. The van der Waals surface area contributed by atoms with Crippen LogP contribution in [0.3, 0.4) is 0 Å². The van der Waals surface area contributed by atoms with Crippen molar-refractivity contribution in [2.75, 3.05) is 152 Å². The van der Waals surface area contributed by atoms with Gasteiger partial charge in [-0.15, -0.1) is 0 Å². The summed E-state index contributed by atoms with van der Waals surface area (Å²) in [5.41, 5.74) is 19.8. The normalized spacial score (nSPS) is 20.4. The minimum atomic E-state index is -0.370. The lowest BCUT2D eigenvalue weighted by Gasteiger charge is -2.50. The van der Waals surface area contributed by atoms with E-state index in [1.165, 1.54) is 33.4 Å². The number of nitrogens with zero attached hydrogens (tertiary/aromatic N) is 13. The number of likely N-dealkylation sites (tertiary alicyclic amines) is 4. The van der Waals surface area contributed by atoms with Gasteiger partial charge < -0.3 is 64.9 Å². The van der Waals surface area contributed by atoms with Crippen LogP contribution in [-0.2, 0) is 28.8 Å². The van der Waals surface area contributed by atoms with Crippen molar-refractivity contribution >= 4 is 93.9 Å². The van der Waals surface area contributed by atoms with Crippen molar-refractivity contribution in [3.8, 4) is 17.2 Å². The van der Waals surface area contributed by atoms with Crippen LogP contribution >= 0.6 is 46.4 Å². The number of hydrogen-bond acceptors (Lipinski definition) is 16. The van der Waals surface area contributed by atoms with Gasteiger partial charge in [0, 0.05) is 221 Å². The Morgan fingerprint density at radius 3 is 0.693 bits per heavy atom. The second-order valence-corrected chi connectivity index (χ2v) is 48.2. The van der Waals surface area contributed by atoms with Gasteiger partial charge in [0.1, 0.15) is 17.2 Å². The van der Waals surface area contributed by atoms with Gasteiger partial charge in [-0.1, -0.05) is 220 Å². The van der Waals surface area contributed by atoms with Crippen LogP contribution in [0.15, 0.2) is 194 Å². The summed E-state index contributed by atoms with van der Waals surface area (Å²) in [5.74, 6) is 4.95. The topological polar surface area (TPSA) is 268 Å². The molecular weight excluding hydrogens is 1970 g/mol. The molecule has 26 nitrogen and oxygen atoms in total. The monoisotopic (exact) mass is 2130 g/mol. The Balaban J connectivity index is 0.000000167. The summed E-state index contributed by atoms with van der Waals surface area (Å²) >= 11 is 24.9. The maximum Gasteiger partial charge on any atom is 0.314 e. The van der Waals surface area contributed by atoms with Crippen molar-refractivity contribution in [3.05, 3.63) is 259 Å². The van der Waals surface area contributed by atoms with E-state index in [2.05, 4.69) is 213 Å². The lowest BCUT2D eigenvalue weighted by molar-refractivity contribution is -0.142. The Hall–Kier alpha value is -10.6. The number of pyridine rings is 1.